The van der Waals surface area contributed by atoms with E-state index in [9.17, 15) is 13.7 Å². The zero-order chi connectivity index (χ0) is 21.7. The van der Waals surface area contributed by atoms with E-state index < -0.39 is 10.0 Å². The third-order valence-electron chi connectivity index (χ3n) is 5.43. The molecule has 0 bridgehead atoms. The Morgan fingerprint density at radius 3 is 2.47 bits per heavy atom. The first-order valence-corrected chi connectivity index (χ1v) is 11.4. The van der Waals surface area contributed by atoms with E-state index in [1.807, 2.05) is 24.3 Å². The average molecular weight is 429 g/mol. The number of anilines is 1. The zero-order valence-electron chi connectivity index (χ0n) is 17.7. The summed E-state index contributed by atoms with van der Waals surface area (Å²) in [4.78, 5) is 4.43. The van der Waals surface area contributed by atoms with Crippen molar-refractivity contribution >= 4 is 32.1 Å². The van der Waals surface area contributed by atoms with Gasteiger partial charge in [0.15, 0.2) is 4.91 Å². The fourth-order valence-electron chi connectivity index (χ4n) is 3.55. The monoisotopic (exact) mass is 428 g/mol. The van der Waals surface area contributed by atoms with Crippen molar-refractivity contribution in [3.8, 4) is 6.07 Å². The number of nitrogens with zero attached hydrogens (tertiary/aromatic N) is 3. The maximum Gasteiger partial charge on any atom is 0.251 e. The second-order valence-corrected chi connectivity index (χ2v) is 9.20. The standard InChI is InChI=1S/C22H28N4O3S/c1-17(22(16-23)30(27,28)24-8-13-29-3)18-4-5-20-15-21(7-6-19(20)14-18)26-11-9-25(2)10-12-26/h4-7,14-15,24H,8-13H2,1-3H3/b22-17+. The van der Waals surface area contributed by atoms with E-state index in [-0.39, 0.29) is 18.1 Å². The number of piperazine rings is 1. The van der Waals surface area contributed by atoms with Gasteiger partial charge in [-0.25, -0.2) is 13.1 Å². The molecule has 3 rings (SSSR count). The fraction of sp³-hybridized carbons (Fsp3) is 0.409. The lowest BCUT2D eigenvalue weighted by molar-refractivity contribution is 0.204. The molecule has 2 aromatic carbocycles. The molecule has 1 fully saturated rings. The zero-order valence-corrected chi connectivity index (χ0v) is 18.5. The summed E-state index contributed by atoms with van der Waals surface area (Å²) in [6.45, 7) is 6.11. The summed E-state index contributed by atoms with van der Waals surface area (Å²) in [7, 11) is -0.266. The number of ether oxygens (including phenoxy) is 1. The van der Waals surface area contributed by atoms with Crippen LogP contribution in [0.5, 0.6) is 0 Å². The molecule has 0 spiro atoms. The third-order valence-corrected chi connectivity index (χ3v) is 6.95. The number of benzene rings is 2. The molecule has 8 heteroatoms. The van der Waals surface area contributed by atoms with Crippen LogP contribution in [-0.2, 0) is 14.8 Å². The number of likely N-dealkylation sites (N-methyl/N-ethyl adjacent to an activating group) is 1. The Morgan fingerprint density at radius 2 is 1.80 bits per heavy atom. The van der Waals surface area contributed by atoms with Crippen LogP contribution >= 0.6 is 0 Å². The molecular weight excluding hydrogens is 400 g/mol. The number of allylic oxidation sites excluding steroid dienone is 2. The number of sulfonamides is 1. The minimum absolute atomic E-state index is 0.115. The molecule has 0 radical (unpaired) electrons. The molecular formula is C22H28N4O3S. The van der Waals surface area contributed by atoms with Crippen molar-refractivity contribution in [3.63, 3.8) is 0 Å². The van der Waals surface area contributed by atoms with E-state index >= 15 is 0 Å². The minimum atomic E-state index is -3.89. The number of hydrogen-bond donors (Lipinski definition) is 1. The van der Waals surface area contributed by atoms with Gasteiger partial charge in [0.25, 0.3) is 10.0 Å². The molecule has 1 N–H and O–H groups in total. The van der Waals surface area contributed by atoms with E-state index in [4.69, 9.17) is 4.74 Å². The molecule has 0 aliphatic carbocycles. The fourth-order valence-corrected chi connectivity index (χ4v) is 4.69. The molecule has 30 heavy (non-hydrogen) atoms. The Hall–Kier alpha value is -2.44. The highest BCUT2D eigenvalue weighted by atomic mass is 32.2. The molecule has 160 valence electrons. The largest absolute Gasteiger partial charge is 0.383 e. The second kappa shape index (κ2) is 9.58. The van der Waals surface area contributed by atoms with Crippen LogP contribution in [0.1, 0.15) is 12.5 Å². The first-order chi connectivity index (χ1) is 14.4. The summed E-state index contributed by atoms with van der Waals surface area (Å²) in [5.74, 6) is 0. The van der Waals surface area contributed by atoms with Crippen LogP contribution in [0.15, 0.2) is 41.3 Å². The normalized spacial score (nSPS) is 16.4. The highest BCUT2D eigenvalue weighted by Crippen LogP contribution is 2.28. The maximum absolute atomic E-state index is 12.5. The van der Waals surface area contributed by atoms with Gasteiger partial charge in [-0.05, 0) is 54.1 Å². The molecule has 0 atom stereocenters. The molecule has 1 heterocycles. The van der Waals surface area contributed by atoms with Gasteiger partial charge < -0.3 is 14.5 Å². The van der Waals surface area contributed by atoms with Crippen LogP contribution in [0, 0.1) is 11.3 Å². The van der Waals surface area contributed by atoms with Crippen molar-refractivity contribution < 1.29 is 13.2 Å². The smallest absolute Gasteiger partial charge is 0.251 e. The molecule has 0 aromatic heterocycles. The minimum Gasteiger partial charge on any atom is -0.383 e. The predicted octanol–water partition coefficient (Wildman–Crippen LogP) is 2.41. The Morgan fingerprint density at radius 1 is 1.13 bits per heavy atom. The van der Waals surface area contributed by atoms with E-state index in [1.165, 1.54) is 12.8 Å². The summed E-state index contributed by atoms with van der Waals surface area (Å²) in [5.41, 5.74) is 2.33. The van der Waals surface area contributed by atoms with E-state index in [0.717, 1.165) is 37.0 Å². The molecule has 0 saturated carbocycles. The lowest BCUT2D eigenvalue weighted by atomic mass is 10.0. The number of methoxy groups -OCH3 is 1. The van der Waals surface area contributed by atoms with Gasteiger partial charge in [-0.15, -0.1) is 0 Å². The molecule has 2 aromatic rings. The van der Waals surface area contributed by atoms with Crippen LogP contribution in [0.4, 0.5) is 5.69 Å². The molecule has 1 aliphatic heterocycles. The van der Waals surface area contributed by atoms with Crippen molar-refractivity contribution in [1.82, 2.24) is 9.62 Å². The number of hydrogen-bond acceptors (Lipinski definition) is 6. The van der Waals surface area contributed by atoms with Gasteiger partial charge in [-0.1, -0.05) is 18.2 Å². The van der Waals surface area contributed by atoms with Gasteiger partial charge in [0, 0.05) is 45.5 Å². The number of rotatable bonds is 7. The summed E-state index contributed by atoms with van der Waals surface area (Å²) in [5, 5.41) is 11.6. The summed E-state index contributed by atoms with van der Waals surface area (Å²) < 4.78 is 32.3. The Kier molecular flexibility index (Phi) is 7.10. The van der Waals surface area contributed by atoms with Gasteiger partial charge in [-0.3, -0.25) is 0 Å². The summed E-state index contributed by atoms with van der Waals surface area (Å²) >= 11 is 0. The predicted molar refractivity (Wildman–Crippen MR) is 121 cm³/mol. The Bertz CT molecular complexity index is 1080. The van der Waals surface area contributed by atoms with Crippen molar-refractivity contribution in [1.29, 1.82) is 5.26 Å². The van der Waals surface area contributed by atoms with Gasteiger partial charge in [-0.2, -0.15) is 5.26 Å². The number of fused-ring (bicyclic) bond motifs is 1. The topological polar surface area (TPSA) is 85.7 Å². The first kappa shape index (κ1) is 22.2. The lowest BCUT2D eigenvalue weighted by Gasteiger charge is -2.34. The highest BCUT2D eigenvalue weighted by Gasteiger charge is 2.21. The average Bonchev–Trinajstić information content (AvgIpc) is 2.74. The SMILES string of the molecule is COCCNS(=O)(=O)/C(C#N)=C(\C)c1ccc2cc(N3CCN(C)CC3)ccc2c1. The van der Waals surface area contributed by atoms with Gasteiger partial charge in [0.05, 0.1) is 6.61 Å². The van der Waals surface area contributed by atoms with Crippen LogP contribution in [-0.4, -0.2) is 66.8 Å². The summed E-state index contributed by atoms with van der Waals surface area (Å²) in [6, 6.07) is 13.9. The molecule has 1 aliphatic rings. The van der Waals surface area contributed by atoms with Gasteiger partial charge in [0.1, 0.15) is 6.07 Å². The maximum atomic E-state index is 12.5. The van der Waals surface area contributed by atoms with Gasteiger partial charge >= 0.3 is 0 Å². The van der Waals surface area contributed by atoms with E-state index in [2.05, 4.69) is 39.8 Å². The van der Waals surface area contributed by atoms with E-state index in [1.54, 1.807) is 6.92 Å². The number of nitriles is 1. The third kappa shape index (κ3) is 4.99. The quantitative estimate of drug-likeness (QED) is 0.538. The van der Waals surface area contributed by atoms with Crippen molar-refractivity contribution in [2.45, 2.75) is 6.92 Å². The van der Waals surface area contributed by atoms with E-state index in [0.29, 0.717) is 11.1 Å². The second-order valence-electron chi connectivity index (χ2n) is 7.49. The van der Waals surface area contributed by atoms with Crippen LogP contribution < -0.4 is 9.62 Å². The molecule has 1 saturated heterocycles. The molecule has 0 unspecified atom stereocenters. The lowest BCUT2D eigenvalue weighted by Crippen LogP contribution is -2.44. The van der Waals surface area contributed by atoms with Crippen molar-refractivity contribution in [2.24, 2.45) is 0 Å². The van der Waals surface area contributed by atoms with Crippen LogP contribution in [0.2, 0.25) is 0 Å². The molecule has 7 nitrogen and oxygen atoms in total. The van der Waals surface area contributed by atoms with Crippen molar-refractivity contribution in [3.05, 3.63) is 46.9 Å². The van der Waals surface area contributed by atoms with Crippen LogP contribution in [0.3, 0.4) is 0 Å². The summed E-state index contributed by atoms with van der Waals surface area (Å²) in [6.07, 6.45) is 0. The Balaban J connectivity index is 1.89. The van der Waals surface area contributed by atoms with Gasteiger partial charge in [0.2, 0.25) is 0 Å². The van der Waals surface area contributed by atoms with Crippen LogP contribution in [0.25, 0.3) is 16.3 Å². The Labute approximate surface area is 178 Å². The highest BCUT2D eigenvalue weighted by molar-refractivity contribution is 7.93. The molecule has 0 amide bonds. The first-order valence-electron chi connectivity index (χ1n) is 9.93. The number of nitrogens with one attached hydrogen (secondary N) is 1. The van der Waals surface area contributed by atoms with Crippen molar-refractivity contribution in [2.75, 3.05) is 58.4 Å².